The lowest BCUT2D eigenvalue weighted by molar-refractivity contribution is -0.142. The van der Waals surface area contributed by atoms with Crippen LogP contribution in [-0.4, -0.2) is 51.2 Å². The van der Waals surface area contributed by atoms with Gasteiger partial charge in [-0.15, -0.1) is 0 Å². The zero-order valence-corrected chi connectivity index (χ0v) is 16.7. The maximum absolute atomic E-state index is 13.4. The van der Waals surface area contributed by atoms with Crippen LogP contribution in [0, 0.1) is 23.1 Å². The zero-order chi connectivity index (χ0) is 21.9. The highest BCUT2D eigenvalue weighted by molar-refractivity contribution is 6.06. The molecule has 3 heterocycles. The molecule has 2 amide bonds. The predicted octanol–water partition coefficient (Wildman–Crippen LogP) is 1.40. The number of likely N-dealkylation sites (tertiary alicyclic amines) is 1. The van der Waals surface area contributed by atoms with Gasteiger partial charge in [0.05, 0.1) is 24.5 Å². The summed E-state index contributed by atoms with van der Waals surface area (Å²) in [5.74, 6) is -1.92. The normalized spacial score (nSPS) is 30.0. The Morgan fingerprint density at radius 3 is 2.35 bits per heavy atom. The minimum atomic E-state index is -0.543. The molecular formula is C23H23FN4O3. The number of nitrogen functional groups attached to an aromatic ring is 1. The van der Waals surface area contributed by atoms with E-state index in [1.54, 1.807) is 24.3 Å². The molecule has 3 aliphatic heterocycles. The van der Waals surface area contributed by atoms with Gasteiger partial charge in [0.25, 0.3) is 0 Å². The Kier molecular flexibility index (Phi) is 4.64. The fourth-order valence-corrected chi connectivity index (χ4v) is 5.44. The first-order valence-electron chi connectivity index (χ1n) is 10.3. The van der Waals surface area contributed by atoms with Crippen LogP contribution in [-0.2, 0) is 16.1 Å². The zero-order valence-electron chi connectivity index (χ0n) is 16.7. The number of carbonyl (C=O) groups excluding carboxylic acids is 2. The number of nitrogens with two attached hydrogens (primary N) is 1. The molecule has 0 spiro atoms. The van der Waals surface area contributed by atoms with E-state index in [-0.39, 0.29) is 42.1 Å². The first kappa shape index (κ1) is 19.8. The van der Waals surface area contributed by atoms with Crippen LogP contribution < -0.4 is 5.73 Å². The summed E-state index contributed by atoms with van der Waals surface area (Å²) in [6.45, 7) is 0.519. The second-order valence-electron chi connectivity index (χ2n) is 8.57. The van der Waals surface area contributed by atoms with Gasteiger partial charge in [0, 0.05) is 24.2 Å². The molecule has 3 aliphatic rings. The first-order chi connectivity index (χ1) is 14.8. The Morgan fingerprint density at radius 1 is 1.06 bits per heavy atom. The molecule has 160 valence electrons. The van der Waals surface area contributed by atoms with E-state index in [2.05, 4.69) is 4.90 Å². The molecule has 2 aromatic carbocycles. The number of halogens is 1. The summed E-state index contributed by atoms with van der Waals surface area (Å²) in [6.07, 6.45) is -0.0916. The molecule has 0 aromatic heterocycles. The smallest absolute Gasteiger partial charge is 0.235 e. The number of rotatable bonds is 4. The maximum Gasteiger partial charge on any atom is 0.235 e. The third-order valence-corrected chi connectivity index (χ3v) is 6.78. The summed E-state index contributed by atoms with van der Waals surface area (Å²) in [5, 5.41) is 17.9. The van der Waals surface area contributed by atoms with Gasteiger partial charge in [-0.25, -0.2) is 4.39 Å². The highest BCUT2D eigenvalue weighted by atomic mass is 19.1. The van der Waals surface area contributed by atoms with Gasteiger partial charge < -0.3 is 10.8 Å². The summed E-state index contributed by atoms with van der Waals surface area (Å²) in [5.41, 5.74) is 7.70. The molecule has 4 N–H and O–H groups in total. The number of benzene rings is 2. The Morgan fingerprint density at radius 2 is 1.71 bits per heavy atom. The van der Waals surface area contributed by atoms with E-state index in [1.807, 2.05) is 12.1 Å². The van der Waals surface area contributed by atoms with E-state index in [1.165, 1.54) is 17.0 Å². The SMILES string of the molecule is N=C(N)c1ccc([C@H]2[C@H]3C(=O)N(Cc4ccc(F)cc4)C(=O)[C@H]3[C@H]3C[C@H](O)CN32)cc1. The molecule has 0 radical (unpaired) electrons. The van der Waals surface area contributed by atoms with Crippen LogP contribution in [0.1, 0.15) is 29.2 Å². The lowest BCUT2D eigenvalue weighted by Gasteiger charge is -2.29. The first-order valence-corrected chi connectivity index (χ1v) is 10.3. The highest BCUT2D eigenvalue weighted by Crippen LogP contribution is 2.53. The van der Waals surface area contributed by atoms with Gasteiger partial charge in [-0.2, -0.15) is 0 Å². The van der Waals surface area contributed by atoms with Gasteiger partial charge in [0.2, 0.25) is 11.8 Å². The maximum atomic E-state index is 13.4. The van der Waals surface area contributed by atoms with Crippen molar-refractivity contribution >= 4 is 17.6 Å². The number of amides is 2. The van der Waals surface area contributed by atoms with Crippen LogP contribution in [0.5, 0.6) is 0 Å². The topological polar surface area (TPSA) is 111 Å². The van der Waals surface area contributed by atoms with Crippen LogP contribution in [0.15, 0.2) is 48.5 Å². The monoisotopic (exact) mass is 422 g/mol. The molecule has 0 saturated carbocycles. The molecular weight excluding hydrogens is 399 g/mol. The number of fused-ring (bicyclic) bond motifs is 3. The highest BCUT2D eigenvalue weighted by Gasteiger charge is 2.63. The minimum Gasteiger partial charge on any atom is -0.392 e. The number of aliphatic hydroxyl groups excluding tert-OH is 1. The van der Waals surface area contributed by atoms with Crippen molar-refractivity contribution in [2.75, 3.05) is 6.54 Å². The van der Waals surface area contributed by atoms with E-state index >= 15 is 0 Å². The Hall–Kier alpha value is -3.10. The Labute approximate surface area is 178 Å². The number of hydrogen-bond donors (Lipinski definition) is 3. The predicted molar refractivity (Wildman–Crippen MR) is 110 cm³/mol. The third kappa shape index (κ3) is 3.14. The van der Waals surface area contributed by atoms with Crippen molar-refractivity contribution in [2.45, 2.75) is 31.2 Å². The minimum absolute atomic E-state index is 0.0390. The molecule has 0 unspecified atom stereocenters. The van der Waals surface area contributed by atoms with Crippen molar-refractivity contribution in [3.63, 3.8) is 0 Å². The third-order valence-electron chi connectivity index (χ3n) is 6.78. The largest absolute Gasteiger partial charge is 0.392 e. The van der Waals surface area contributed by atoms with Crippen molar-refractivity contribution in [3.8, 4) is 0 Å². The molecule has 2 aromatic rings. The van der Waals surface area contributed by atoms with Gasteiger partial charge >= 0.3 is 0 Å². The molecule has 8 heteroatoms. The number of aliphatic hydroxyl groups is 1. The van der Waals surface area contributed by atoms with Crippen molar-refractivity contribution in [1.82, 2.24) is 9.80 Å². The van der Waals surface area contributed by atoms with Crippen LogP contribution in [0.4, 0.5) is 4.39 Å². The standard InChI is InChI=1S/C23H23FN4O3/c24-15-7-1-12(2-8-15)10-28-22(30)18-17-9-16(29)11-27(17)20(19(18)23(28)31)13-3-5-14(6-4-13)21(25)26/h1-8,16-20,29H,9-11H2,(H3,25,26)/t16-,17+,18-,19-,20-/m0/s1. The molecule has 0 bridgehead atoms. The van der Waals surface area contributed by atoms with Crippen molar-refractivity contribution in [3.05, 3.63) is 71.0 Å². The van der Waals surface area contributed by atoms with Gasteiger partial charge in [0.15, 0.2) is 0 Å². The van der Waals surface area contributed by atoms with Gasteiger partial charge in [0.1, 0.15) is 11.7 Å². The van der Waals surface area contributed by atoms with Gasteiger partial charge in [-0.3, -0.25) is 24.8 Å². The van der Waals surface area contributed by atoms with E-state index in [0.717, 1.165) is 5.56 Å². The van der Waals surface area contributed by atoms with Crippen molar-refractivity contribution in [2.24, 2.45) is 17.6 Å². The van der Waals surface area contributed by atoms with E-state index in [0.29, 0.717) is 24.1 Å². The van der Waals surface area contributed by atoms with Crippen LogP contribution in [0.25, 0.3) is 0 Å². The average Bonchev–Trinajstić information content (AvgIpc) is 3.33. The molecule has 31 heavy (non-hydrogen) atoms. The number of nitrogens with one attached hydrogen (secondary N) is 1. The average molecular weight is 422 g/mol. The molecule has 0 aliphatic carbocycles. The van der Waals surface area contributed by atoms with Gasteiger partial charge in [-0.1, -0.05) is 36.4 Å². The second kappa shape index (κ2) is 7.25. The number of amidine groups is 1. The van der Waals surface area contributed by atoms with Gasteiger partial charge in [-0.05, 0) is 29.7 Å². The molecule has 5 rings (SSSR count). The van der Waals surface area contributed by atoms with Crippen LogP contribution in [0.3, 0.4) is 0 Å². The van der Waals surface area contributed by atoms with E-state index in [4.69, 9.17) is 11.1 Å². The lowest BCUT2D eigenvalue weighted by Crippen LogP contribution is -2.39. The second-order valence-corrected chi connectivity index (χ2v) is 8.57. The molecule has 3 saturated heterocycles. The summed E-state index contributed by atoms with van der Waals surface area (Å²) in [6, 6.07) is 12.4. The molecule has 5 atom stereocenters. The summed E-state index contributed by atoms with van der Waals surface area (Å²) >= 11 is 0. The molecule has 3 fully saturated rings. The Bertz CT molecular complexity index is 1060. The van der Waals surface area contributed by atoms with Crippen molar-refractivity contribution < 1.29 is 19.1 Å². The molecule has 7 nitrogen and oxygen atoms in total. The Balaban J connectivity index is 1.49. The summed E-state index contributed by atoms with van der Waals surface area (Å²) in [7, 11) is 0. The number of nitrogens with zero attached hydrogens (tertiary/aromatic N) is 2. The number of hydrogen-bond acceptors (Lipinski definition) is 5. The fraction of sp³-hybridized carbons (Fsp3) is 0.348. The van der Waals surface area contributed by atoms with E-state index < -0.39 is 17.9 Å². The number of carbonyl (C=O) groups is 2. The van der Waals surface area contributed by atoms with Crippen LogP contribution >= 0.6 is 0 Å². The van der Waals surface area contributed by atoms with Crippen molar-refractivity contribution in [1.29, 1.82) is 5.41 Å². The fourth-order valence-electron chi connectivity index (χ4n) is 5.44. The number of imide groups is 1. The summed E-state index contributed by atoms with van der Waals surface area (Å²) in [4.78, 5) is 30.1. The lowest BCUT2D eigenvalue weighted by atomic mass is 9.85. The van der Waals surface area contributed by atoms with Crippen LogP contribution in [0.2, 0.25) is 0 Å². The quantitative estimate of drug-likeness (QED) is 0.392. The summed E-state index contributed by atoms with van der Waals surface area (Å²) < 4.78 is 13.2. The van der Waals surface area contributed by atoms with E-state index in [9.17, 15) is 19.1 Å².